The maximum Gasteiger partial charge on any atom is 0.230 e. The fourth-order valence-corrected chi connectivity index (χ4v) is 2.88. The fourth-order valence-electron chi connectivity index (χ4n) is 2.88. The molecule has 2 heterocycles. The molecular weight excluding hydrogens is 278 g/mol. The number of benzene rings is 1. The van der Waals surface area contributed by atoms with Crippen molar-refractivity contribution in [3.8, 4) is 0 Å². The van der Waals surface area contributed by atoms with Gasteiger partial charge in [0.1, 0.15) is 0 Å². The number of hydrogen-bond donors (Lipinski definition) is 1. The lowest BCUT2D eigenvalue weighted by atomic mass is 9.93. The summed E-state index contributed by atoms with van der Waals surface area (Å²) in [6, 6.07) is 12.9. The molecule has 0 aliphatic carbocycles. The number of hydrogen-bond acceptors (Lipinski definition) is 3. The molecule has 0 saturated carbocycles. The SMILES string of the molecule is CN1C(=O)C[C@@H](C(=O)Nc2ccncc2)[C@H]1c1ccccc1. The zero-order valence-corrected chi connectivity index (χ0v) is 12.3. The minimum Gasteiger partial charge on any atom is -0.338 e. The molecule has 1 aromatic heterocycles. The van der Waals surface area contributed by atoms with E-state index >= 15 is 0 Å². The van der Waals surface area contributed by atoms with Crippen molar-refractivity contribution in [1.29, 1.82) is 0 Å². The lowest BCUT2D eigenvalue weighted by Gasteiger charge is -2.24. The van der Waals surface area contributed by atoms with Crippen molar-refractivity contribution in [3.63, 3.8) is 0 Å². The summed E-state index contributed by atoms with van der Waals surface area (Å²) in [5.74, 6) is -0.547. The molecule has 1 aromatic carbocycles. The number of carbonyl (C=O) groups excluding carboxylic acids is 2. The van der Waals surface area contributed by atoms with E-state index in [1.165, 1.54) is 0 Å². The van der Waals surface area contributed by atoms with E-state index in [1.807, 2.05) is 30.3 Å². The van der Waals surface area contributed by atoms with Gasteiger partial charge < -0.3 is 10.2 Å². The highest BCUT2D eigenvalue weighted by molar-refractivity contribution is 5.97. The zero-order valence-electron chi connectivity index (χ0n) is 12.3. The molecule has 22 heavy (non-hydrogen) atoms. The Morgan fingerprint density at radius 1 is 1.18 bits per heavy atom. The molecule has 0 bridgehead atoms. The molecule has 0 spiro atoms. The standard InChI is InChI=1S/C17H17N3O2/c1-20-15(21)11-14(16(20)12-5-3-2-4-6-12)17(22)19-13-7-9-18-10-8-13/h2-10,14,16H,11H2,1H3,(H,18,19,22)/t14-,16-/m1/s1. The van der Waals surface area contributed by atoms with Crippen LogP contribution in [0.3, 0.4) is 0 Å². The highest BCUT2D eigenvalue weighted by atomic mass is 16.2. The van der Waals surface area contributed by atoms with Crippen molar-refractivity contribution in [1.82, 2.24) is 9.88 Å². The first kappa shape index (κ1) is 14.3. The molecule has 0 unspecified atom stereocenters. The van der Waals surface area contributed by atoms with Gasteiger partial charge in [0.05, 0.1) is 12.0 Å². The third-order valence-electron chi connectivity index (χ3n) is 4.01. The lowest BCUT2D eigenvalue weighted by molar-refractivity contribution is -0.127. The first-order valence-electron chi connectivity index (χ1n) is 7.18. The highest BCUT2D eigenvalue weighted by Gasteiger charge is 2.42. The summed E-state index contributed by atoms with van der Waals surface area (Å²) in [4.78, 5) is 30.2. The Labute approximate surface area is 129 Å². The Kier molecular flexibility index (Phi) is 3.87. The molecule has 1 aliphatic rings. The predicted octanol–water partition coefficient (Wildman–Crippen LogP) is 2.24. The van der Waals surface area contributed by atoms with Crippen molar-refractivity contribution in [2.45, 2.75) is 12.5 Å². The lowest BCUT2D eigenvalue weighted by Crippen LogP contribution is -2.30. The van der Waals surface area contributed by atoms with Crippen LogP contribution in [-0.4, -0.2) is 28.7 Å². The maximum atomic E-state index is 12.6. The van der Waals surface area contributed by atoms with Crippen LogP contribution >= 0.6 is 0 Å². The first-order valence-corrected chi connectivity index (χ1v) is 7.18. The van der Waals surface area contributed by atoms with Crippen LogP contribution in [0.25, 0.3) is 0 Å². The Morgan fingerprint density at radius 3 is 2.55 bits per heavy atom. The highest BCUT2D eigenvalue weighted by Crippen LogP contribution is 2.37. The van der Waals surface area contributed by atoms with Crippen LogP contribution in [0.5, 0.6) is 0 Å². The van der Waals surface area contributed by atoms with Crippen molar-refractivity contribution >= 4 is 17.5 Å². The van der Waals surface area contributed by atoms with E-state index in [1.54, 1.807) is 36.5 Å². The third-order valence-corrected chi connectivity index (χ3v) is 4.01. The summed E-state index contributed by atoms with van der Waals surface area (Å²) < 4.78 is 0. The second-order valence-corrected chi connectivity index (χ2v) is 5.40. The maximum absolute atomic E-state index is 12.6. The number of nitrogens with one attached hydrogen (secondary N) is 1. The van der Waals surface area contributed by atoms with Gasteiger partial charge in [-0.25, -0.2) is 0 Å². The Balaban J connectivity index is 1.84. The molecule has 1 fully saturated rings. The molecule has 3 rings (SSSR count). The number of pyridine rings is 1. The van der Waals surface area contributed by atoms with E-state index in [0.717, 1.165) is 5.56 Å². The van der Waals surface area contributed by atoms with Gasteiger partial charge in [-0.05, 0) is 17.7 Å². The van der Waals surface area contributed by atoms with Gasteiger partial charge in [0.2, 0.25) is 11.8 Å². The molecule has 0 radical (unpaired) electrons. The summed E-state index contributed by atoms with van der Waals surface area (Å²) in [6.07, 6.45) is 3.47. The number of anilines is 1. The summed E-state index contributed by atoms with van der Waals surface area (Å²) in [7, 11) is 1.75. The normalized spacial score (nSPS) is 21.0. The molecule has 112 valence electrons. The third kappa shape index (κ3) is 2.70. The van der Waals surface area contributed by atoms with Crippen LogP contribution in [0.2, 0.25) is 0 Å². The van der Waals surface area contributed by atoms with E-state index in [0.29, 0.717) is 5.69 Å². The minimum atomic E-state index is -0.395. The van der Waals surface area contributed by atoms with Gasteiger partial charge in [-0.2, -0.15) is 0 Å². The molecule has 2 atom stereocenters. The number of likely N-dealkylation sites (tertiary alicyclic amines) is 1. The molecule has 5 nitrogen and oxygen atoms in total. The van der Waals surface area contributed by atoms with Gasteiger partial charge in [0.15, 0.2) is 0 Å². The van der Waals surface area contributed by atoms with Crippen LogP contribution in [0.15, 0.2) is 54.9 Å². The number of carbonyl (C=O) groups is 2. The summed E-state index contributed by atoms with van der Waals surface area (Å²) in [5, 5.41) is 2.87. The Morgan fingerprint density at radius 2 is 1.86 bits per heavy atom. The van der Waals surface area contributed by atoms with E-state index in [2.05, 4.69) is 10.3 Å². The number of amides is 2. The molecule has 2 amide bonds. The van der Waals surface area contributed by atoms with Crippen LogP contribution in [0, 0.1) is 5.92 Å². The number of rotatable bonds is 3. The van der Waals surface area contributed by atoms with E-state index in [4.69, 9.17) is 0 Å². The van der Waals surface area contributed by atoms with E-state index in [-0.39, 0.29) is 24.3 Å². The minimum absolute atomic E-state index is 0.0104. The van der Waals surface area contributed by atoms with Crippen LogP contribution in [-0.2, 0) is 9.59 Å². The number of nitrogens with zero attached hydrogens (tertiary/aromatic N) is 2. The predicted molar refractivity (Wildman–Crippen MR) is 82.9 cm³/mol. The summed E-state index contributed by atoms with van der Waals surface area (Å²) >= 11 is 0. The molecule has 1 saturated heterocycles. The van der Waals surface area contributed by atoms with Gasteiger partial charge in [-0.3, -0.25) is 14.6 Å². The van der Waals surface area contributed by atoms with Gasteiger partial charge in [-0.15, -0.1) is 0 Å². The fraction of sp³-hybridized carbons (Fsp3) is 0.235. The zero-order chi connectivity index (χ0) is 15.5. The van der Waals surface area contributed by atoms with Crippen molar-refractivity contribution in [3.05, 3.63) is 60.4 Å². The monoisotopic (exact) mass is 295 g/mol. The van der Waals surface area contributed by atoms with Crippen molar-refractivity contribution in [2.24, 2.45) is 5.92 Å². The number of aromatic nitrogens is 1. The average molecular weight is 295 g/mol. The Hall–Kier alpha value is -2.69. The molecule has 1 N–H and O–H groups in total. The topological polar surface area (TPSA) is 62.3 Å². The molecular formula is C17H17N3O2. The Bertz CT molecular complexity index is 673. The average Bonchev–Trinajstić information content (AvgIpc) is 2.85. The molecule has 5 heteroatoms. The smallest absolute Gasteiger partial charge is 0.230 e. The van der Waals surface area contributed by atoms with Crippen LogP contribution in [0.1, 0.15) is 18.0 Å². The summed E-state index contributed by atoms with van der Waals surface area (Å²) in [6.45, 7) is 0. The van der Waals surface area contributed by atoms with Crippen LogP contribution < -0.4 is 5.32 Å². The first-order chi connectivity index (χ1) is 10.7. The van der Waals surface area contributed by atoms with E-state index in [9.17, 15) is 9.59 Å². The van der Waals surface area contributed by atoms with Gasteiger partial charge in [-0.1, -0.05) is 30.3 Å². The second kappa shape index (κ2) is 5.97. The summed E-state index contributed by atoms with van der Waals surface area (Å²) in [5.41, 5.74) is 1.67. The second-order valence-electron chi connectivity index (χ2n) is 5.40. The van der Waals surface area contributed by atoms with E-state index < -0.39 is 5.92 Å². The van der Waals surface area contributed by atoms with Crippen molar-refractivity contribution < 1.29 is 9.59 Å². The molecule has 2 aromatic rings. The van der Waals surface area contributed by atoms with Crippen LogP contribution in [0.4, 0.5) is 5.69 Å². The quantitative estimate of drug-likeness (QED) is 0.944. The molecule has 1 aliphatic heterocycles. The van der Waals surface area contributed by atoms with Gasteiger partial charge >= 0.3 is 0 Å². The largest absolute Gasteiger partial charge is 0.338 e. The van der Waals surface area contributed by atoms with Crippen molar-refractivity contribution in [2.75, 3.05) is 12.4 Å². The van der Waals surface area contributed by atoms with Gasteiger partial charge in [0.25, 0.3) is 0 Å². The van der Waals surface area contributed by atoms with Gasteiger partial charge in [0, 0.05) is 31.5 Å².